The van der Waals surface area contributed by atoms with Crippen LogP contribution in [0.5, 0.6) is 0 Å². The summed E-state index contributed by atoms with van der Waals surface area (Å²) in [5.74, 6) is -0.319. The van der Waals surface area contributed by atoms with Crippen LogP contribution in [0.15, 0.2) is 5.16 Å². The number of ether oxygens (including phenoxy) is 1. The number of urea groups is 1. The highest BCUT2D eigenvalue weighted by atomic mass is 32.2. The first-order valence-electron chi connectivity index (χ1n) is 6.77. The SMILES string of the molecule is CCNC(=O)NC(=O)CSc1nnnn1CC1CCCO1. The van der Waals surface area contributed by atoms with E-state index >= 15 is 0 Å². The molecule has 0 aliphatic carbocycles. The molecule has 116 valence electrons. The van der Waals surface area contributed by atoms with E-state index in [1.54, 1.807) is 11.6 Å². The zero-order valence-corrected chi connectivity index (χ0v) is 12.6. The molecule has 1 fully saturated rings. The minimum Gasteiger partial charge on any atom is -0.376 e. The molecule has 1 aliphatic heterocycles. The van der Waals surface area contributed by atoms with Gasteiger partial charge in [-0.15, -0.1) is 5.10 Å². The van der Waals surface area contributed by atoms with Gasteiger partial charge in [-0.1, -0.05) is 11.8 Å². The Morgan fingerprint density at radius 3 is 3.10 bits per heavy atom. The van der Waals surface area contributed by atoms with Crippen molar-refractivity contribution >= 4 is 23.7 Å². The molecular formula is C11H18N6O3S. The molecule has 2 rings (SSSR count). The Labute approximate surface area is 126 Å². The van der Waals surface area contributed by atoms with Crippen molar-refractivity contribution in [2.45, 2.75) is 37.6 Å². The lowest BCUT2D eigenvalue weighted by Gasteiger charge is -2.09. The van der Waals surface area contributed by atoms with Crippen molar-refractivity contribution in [3.8, 4) is 0 Å². The van der Waals surface area contributed by atoms with Crippen LogP contribution in [0.4, 0.5) is 4.79 Å². The predicted molar refractivity (Wildman–Crippen MR) is 74.7 cm³/mol. The van der Waals surface area contributed by atoms with E-state index in [9.17, 15) is 9.59 Å². The van der Waals surface area contributed by atoms with E-state index in [-0.39, 0.29) is 11.9 Å². The molecular weight excluding hydrogens is 296 g/mol. The van der Waals surface area contributed by atoms with Crippen LogP contribution in [0.2, 0.25) is 0 Å². The third-order valence-electron chi connectivity index (χ3n) is 2.82. The van der Waals surface area contributed by atoms with Crippen molar-refractivity contribution in [3.05, 3.63) is 0 Å². The Morgan fingerprint density at radius 2 is 2.38 bits per heavy atom. The molecule has 0 saturated carbocycles. The lowest BCUT2D eigenvalue weighted by molar-refractivity contribution is -0.117. The third-order valence-corrected chi connectivity index (χ3v) is 3.78. The van der Waals surface area contributed by atoms with Crippen molar-refractivity contribution in [1.82, 2.24) is 30.8 Å². The van der Waals surface area contributed by atoms with Gasteiger partial charge in [-0.25, -0.2) is 9.48 Å². The minimum atomic E-state index is -0.498. The maximum Gasteiger partial charge on any atom is 0.321 e. The van der Waals surface area contributed by atoms with Gasteiger partial charge in [0.15, 0.2) is 0 Å². The highest BCUT2D eigenvalue weighted by Gasteiger charge is 2.19. The summed E-state index contributed by atoms with van der Waals surface area (Å²) >= 11 is 1.18. The molecule has 1 atom stereocenters. The van der Waals surface area contributed by atoms with Crippen LogP contribution in [-0.2, 0) is 16.1 Å². The second-order valence-electron chi connectivity index (χ2n) is 4.47. The summed E-state index contributed by atoms with van der Waals surface area (Å²) in [4.78, 5) is 22.8. The number of tetrazole rings is 1. The molecule has 2 heterocycles. The highest BCUT2D eigenvalue weighted by molar-refractivity contribution is 7.99. The first-order valence-corrected chi connectivity index (χ1v) is 7.76. The molecule has 1 aliphatic rings. The Hall–Kier alpha value is -1.68. The van der Waals surface area contributed by atoms with Crippen LogP contribution in [0.1, 0.15) is 19.8 Å². The maximum atomic E-state index is 11.6. The van der Waals surface area contributed by atoms with E-state index in [0.717, 1.165) is 19.4 Å². The number of carbonyl (C=O) groups is 2. The Kier molecular flexibility index (Phi) is 5.93. The lowest BCUT2D eigenvalue weighted by atomic mass is 10.2. The van der Waals surface area contributed by atoms with E-state index in [1.165, 1.54) is 11.8 Å². The molecule has 9 nitrogen and oxygen atoms in total. The molecule has 0 radical (unpaired) electrons. The molecule has 1 unspecified atom stereocenters. The number of hydrogen-bond donors (Lipinski definition) is 2. The fourth-order valence-corrected chi connectivity index (χ4v) is 2.58. The fraction of sp³-hybridized carbons (Fsp3) is 0.727. The number of aromatic nitrogens is 4. The minimum absolute atomic E-state index is 0.0725. The Morgan fingerprint density at radius 1 is 1.52 bits per heavy atom. The zero-order chi connectivity index (χ0) is 15.1. The molecule has 1 aromatic heterocycles. The summed E-state index contributed by atoms with van der Waals surface area (Å²) in [5, 5.41) is 16.6. The van der Waals surface area contributed by atoms with Crippen molar-refractivity contribution in [1.29, 1.82) is 0 Å². The second-order valence-corrected chi connectivity index (χ2v) is 5.42. The molecule has 3 amide bonds. The molecule has 21 heavy (non-hydrogen) atoms. The largest absolute Gasteiger partial charge is 0.376 e. The normalized spacial score (nSPS) is 17.7. The maximum absolute atomic E-state index is 11.6. The van der Waals surface area contributed by atoms with E-state index in [1.807, 2.05) is 0 Å². The molecule has 0 aromatic carbocycles. The standard InChI is InChI=1S/C11H18N6O3S/c1-2-12-10(19)13-9(18)7-21-11-14-15-16-17(11)6-8-4-3-5-20-8/h8H,2-7H2,1H3,(H2,12,13,18,19). The van der Waals surface area contributed by atoms with Crippen molar-refractivity contribution in [3.63, 3.8) is 0 Å². The number of thioether (sulfide) groups is 1. The van der Waals surface area contributed by atoms with Gasteiger partial charge in [-0.2, -0.15) is 0 Å². The van der Waals surface area contributed by atoms with Crippen molar-refractivity contribution < 1.29 is 14.3 Å². The van der Waals surface area contributed by atoms with Crippen LogP contribution in [-0.4, -0.2) is 57.2 Å². The van der Waals surface area contributed by atoms with Crippen LogP contribution in [0.3, 0.4) is 0 Å². The monoisotopic (exact) mass is 314 g/mol. The van der Waals surface area contributed by atoms with Gasteiger partial charge in [-0.3, -0.25) is 10.1 Å². The molecule has 2 N–H and O–H groups in total. The average Bonchev–Trinajstić information content (AvgIpc) is 3.09. The predicted octanol–water partition coefficient (Wildman–Crippen LogP) is -0.210. The number of rotatable bonds is 6. The van der Waals surface area contributed by atoms with Crippen LogP contribution < -0.4 is 10.6 Å². The summed E-state index contributed by atoms with van der Waals surface area (Å²) in [6.45, 7) is 3.58. The van der Waals surface area contributed by atoms with Gasteiger partial charge in [0.05, 0.1) is 18.4 Å². The number of hydrogen-bond acceptors (Lipinski definition) is 7. The van der Waals surface area contributed by atoms with Gasteiger partial charge in [0, 0.05) is 13.2 Å². The first kappa shape index (κ1) is 15.7. The van der Waals surface area contributed by atoms with E-state index in [4.69, 9.17) is 4.74 Å². The zero-order valence-electron chi connectivity index (χ0n) is 11.7. The summed E-state index contributed by atoms with van der Waals surface area (Å²) in [6, 6.07) is -0.498. The first-order chi connectivity index (χ1) is 10.2. The average molecular weight is 314 g/mol. The summed E-state index contributed by atoms with van der Waals surface area (Å²) < 4.78 is 7.15. The number of imide groups is 1. The van der Waals surface area contributed by atoms with Gasteiger partial charge in [0.2, 0.25) is 11.1 Å². The third kappa shape index (κ3) is 4.97. The van der Waals surface area contributed by atoms with Gasteiger partial charge in [-0.05, 0) is 30.2 Å². The van der Waals surface area contributed by atoms with E-state index < -0.39 is 11.9 Å². The summed E-state index contributed by atoms with van der Waals surface area (Å²) in [7, 11) is 0. The van der Waals surface area contributed by atoms with Gasteiger partial charge in [0.1, 0.15) is 0 Å². The number of carbonyl (C=O) groups excluding carboxylic acids is 2. The van der Waals surface area contributed by atoms with E-state index in [0.29, 0.717) is 18.2 Å². The second kappa shape index (κ2) is 7.93. The van der Waals surface area contributed by atoms with Crippen LogP contribution in [0, 0.1) is 0 Å². The topological polar surface area (TPSA) is 111 Å². The number of amides is 3. The lowest BCUT2D eigenvalue weighted by Crippen LogP contribution is -2.40. The molecule has 10 heteroatoms. The van der Waals surface area contributed by atoms with Crippen molar-refractivity contribution in [2.75, 3.05) is 18.9 Å². The summed E-state index contributed by atoms with van der Waals surface area (Å²) in [6.07, 6.45) is 2.16. The summed E-state index contributed by atoms with van der Waals surface area (Å²) in [5.41, 5.74) is 0. The van der Waals surface area contributed by atoms with Gasteiger partial charge >= 0.3 is 6.03 Å². The fourth-order valence-electron chi connectivity index (χ4n) is 1.89. The number of nitrogens with one attached hydrogen (secondary N) is 2. The molecule has 0 spiro atoms. The quantitative estimate of drug-likeness (QED) is 0.699. The highest BCUT2D eigenvalue weighted by Crippen LogP contribution is 2.18. The Balaban J connectivity index is 1.79. The van der Waals surface area contributed by atoms with Crippen LogP contribution in [0.25, 0.3) is 0 Å². The molecule has 0 bridgehead atoms. The van der Waals surface area contributed by atoms with Crippen molar-refractivity contribution in [2.24, 2.45) is 0 Å². The molecule has 1 aromatic rings. The smallest absolute Gasteiger partial charge is 0.321 e. The van der Waals surface area contributed by atoms with Gasteiger partial charge in [0.25, 0.3) is 0 Å². The van der Waals surface area contributed by atoms with Crippen LogP contribution >= 0.6 is 11.8 Å². The van der Waals surface area contributed by atoms with Gasteiger partial charge < -0.3 is 10.1 Å². The Bertz CT molecular complexity index is 488. The molecule has 1 saturated heterocycles. The number of nitrogens with zero attached hydrogens (tertiary/aromatic N) is 4. The van der Waals surface area contributed by atoms with E-state index in [2.05, 4.69) is 26.2 Å².